The molecule has 0 saturated carbocycles. The van der Waals surface area contributed by atoms with Crippen molar-refractivity contribution >= 4 is 23.5 Å². The van der Waals surface area contributed by atoms with Gasteiger partial charge in [0, 0.05) is 34.7 Å². The van der Waals surface area contributed by atoms with E-state index in [1.807, 2.05) is 38.1 Å². The number of rotatable bonds is 3. The van der Waals surface area contributed by atoms with Gasteiger partial charge >= 0.3 is 0 Å². The van der Waals surface area contributed by atoms with Crippen molar-refractivity contribution in [2.45, 2.75) is 26.3 Å². The molecule has 7 nitrogen and oxygen atoms in total. The van der Waals surface area contributed by atoms with Gasteiger partial charge in [0.15, 0.2) is 10.8 Å². The number of aromatic nitrogens is 2. The minimum atomic E-state index is -0.134. The number of thiazole rings is 1. The Bertz CT molecular complexity index is 1160. The summed E-state index contributed by atoms with van der Waals surface area (Å²) >= 11 is 1.55. The SMILES string of the molecule is CC(C)N=C(N=CN)c1nc2c(s1)CCOc1ccc(-c3ccc[nH]c3=O)cc1-2. The standard InChI is InChI=1S/C21H21N5O2S/c1-12(2)25-19(24-11-22)21-26-18-15-10-13(14-4-3-8-23-20(14)27)5-6-16(15)28-9-7-17(18)29-21/h3-6,8,10-12H,7,9H2,1-2H3,(H,23,27)(H2,22,24,25). The van der Waals surface area contributed by atoms with Crippen LogP contribution in [0.25, 0.3) is 22.4 Å². The maximum absolute atomic E-state index is 12.2. The Balaban J connectivity index is 1.86. The summed E-state index contributed by atoms with van der Waals surface area (Å²) in [6, 6.07) is 9.43. The largest absolute Gasteiger partial charge is 0.493 e. The number of aliphatic imine (C=N–C) groups is 2. The van der Waals surface area contributed by atoms with Crippen LogP contribution in [-0.2, 0) is 6.42 Å². The average molecular weight is 407 g/mol. The fourth-order valence-corrected chi connectivity index (χ4v) is 4.20. The number of benzene rings is 1. The lowest BCUT2D eigenvalue weighted by Gasteiger charge is -2.09. The van der Waals surface area contributed by atoms with E-state index in [4.69, 9.17) is 15.5 Å². The fourth-order valence-electron chi connectivity index (χ4n) is 3.20. The molecule has 0 spiro atoms. The molecule has 0 saturated heterocycles. The highest BCUT2D eigenvalue weighted by atomic mass is 32.1. The fraction of sp³-hybridized carbons (Fsp3) is 0.238. The lowest BCUT2D eigenvalue weighted by molar-refractivity contribution is 0.327. The van der Waals surface area contributed by atoms with Gasteiger partial charge in [0.2, 0.25) is 0 Å². The van der Waals surface area contributed by atoms with E-state index in [-0.39, 0.29) is 11.6 Å². The molecule has 0 fully saturated rings. The van der Waals surface area contributed by atoms with Crippen LogP contribution in [0.4, 0.5) is 0 Å². The number of nitrogens with two attached hydrogens (primary N) is 1. The molecule has 8 heteroatoms. The lowest BCUT2D eigenvalue weighted by atomic mass is 10.0. The number of aromatic amines is 1. The summed E-state index contributed by atoms with van der Waals surface area (Å²) in [5.74, 6) is 1.28. The summed E-state index contributed by atoms with van der Waals surface area (Å²) in [5, 5.41) is 0.723. The Hall–Kier alpha value is -3.26. The summed E-state index contributed by atoms with van der Waals surface area (Å²) in [7, 11) is 0. The van der Waals surface area contributed by atoms with Crippen molar-refractivity contribution in [2.24, 2.45) is 15.7 Å². The van der Waals surface area contributed by atoms with Crippen LogP contribution in [-0.4, -0.2) is 34.8 Å². The second-order valence-corrected chi connectivity index (χ2v) is 7.92. The molecule has 0 amide bonds. The first kappa shape index (κ1) is 19.1. The van der Waals surface area contributed by atoms with E-state index >= 15 is 0 Å². The van der Waals surface area contributed by atoms with Crippen molar-refractivity contribution in [1.29, 1.82) is 0 Å². The number of amidine groups is 1. The third kappa shape index (κ3) is 3.84. The molecule has 3 heterocycles. The first-order chi connectivity index (χ1) is 14.1. The van der Waals surface area contributed by atoms with Crippen LogP contribution in [0.15, 0.2) is 51.3 Å². The average Bonchev–Trinajstić information content (AvgIpc) is 3.04. The summed E-state index contributed by atoms with van der Waals surface area (Å²) in [5.41, 5.74) is 8.50. The Labute approximate surface area is 172 Å². The van der Waals surface area contributed by atoms with E-state index in [0.29, 0.717) is 18.0 Å². The minimum absolute atomic E-state index is 0.0735. The summed E-state index contributed by atoms with van der Waals surface area (Å²) < 4.78 is 5.92. The zero-order valence-corrected chi connectivity index (χ0v) is 17.0. The molecule has 1 aliphatic rings. The second kappa shape index (κ2) is 8.00. The molecule has 4 rings (SSSR count). The van der Waals surface area contributed by atoms with Crippen molar-refractivity contribution in [1.82, 2.24) is 9.97 Å². The lowest BCUT2D eigenvalue weighted by Crippen LogP contribution is -2.07. The Kier molecular flexibility index (Phi) is 5.26. The van der Waals surface area contributed by atoms with E-state index < -0.39 is 0 Å². The molecule has 2 aromatic heterocycles. The van der Waals surface area contributed by atoms with Gasteiger partial charge in [0.05, 0.1) is 18.6 Å². The number of pyridine rings is 1. The molecule has 0 unspecified atom stereocenters. The first-order valence-electron chi connectivity index (χ1n) is 9.34. The second-order valence-electron chi connectivity index (χ2n) is 6.84. The van der Waals surface area contributed by atoms with Crippen LogP contribution in [0.1, 0.15) is 23.7 Å². The molecule has 3 N–H and O–H groups in total. The van der Waals surface area contributed by atoms with Gasteiger partial charge in [-0.2, -0.15) is 0 Å². The number of hydrogen-bond donors (Lipinski definition) is 2. The molecule has 3 aromatic rings. The van der Waals surface area contributed by atoms with Gasteiger partial charge in [-0.05, 0) is 43.7 Å². The molecule has 0 aliphatic carbocycles. The summed E-state index contributed by atoms with van der Waals surface area (Å²) in [6.45, 7) is 4.53. The van der Waals surface area contributed by atoms with E-state index in [1.54, 1.807) is 23.6 Å². The molecule has 148 valence electrons. The smallest absolute Gasteiger partial charge is 0.255 e. The van der Waals surface area contributed by atoms with Gasteiger partial charge < -0.3 is 15.5 Å². The van der Waals surface area contributed by atoms with Gasteiger partial charge in [0.1, 0.15) is 5.75 Å². The highest BCUT2D eigenvalue weighted by Gasteiger charge is 2.23. The first-order valence-corrected chi connectivity index (χ1v) is 10.2. The van der Waals surface area contributed by atoms with Crippen molar-refractivity contribution in [3.8, 4) is 28.1 Å². The monoisotopic (exact) mass is 407 g/mol. The van der Waals surface area contributed by atoms with Crippen molar-refractivity contribution in [3.63, 3.8) is 0 Å². The highest BCUT2D eigenvalue weighted by Crippen LogP contribution is 2.39. The predicted octanol–water partition coefficient (Wildman–Crippen LogP) is 3.24. The van der Waals surface area contributed by atoms with E-state index in [9.17, 15) is 4.79 Å². The number of nitrogens with one attached hydrogen (secondary N) is 1. The van der Waals surface area contributed by atoms with Gasteiger partial charge in [-0.25, -0.2) is 9.98 Å². The number of ether oxygens (including phenoxy) is 1. The number of hydrogen-bond acceptors (Lipinski definition) is 5. The quantitative estimate of drug-likeness (QED) is 0.513. The summed E-state index contributed by atoms with van der Waals surface area (Å²) in [4.78, 5) is 29.6. The van der Waals surface area contributed by atoms with Crippen LogP contribution in [0.5, 0.6) is 5.75 Å². The summed E-state index contributed by atoms with van der Waals surface area (Å²) in [6.07, 6.45) is 3.60. The zero-order chi connectivity index (χ0) is 20.4. The predicted molar refractivity (Wildman–Crippen MR) is 117 cm³/mol. The van der Waals surface area contributed by atoms with Crippen molar-refractivity contribution in [3.05, 3.63) is 56.8 Å². The van der Waals surface area contributed by atoms with Crippen LogP contribution in [0, 0.1) is 0 Å². The zero-order valence-electron chi connectivity index (χ0n) is 16.2. The minimum Gasteiger partial charge on any atom is -0.493 e. The molecule has 0 bridgehead atoms. The van der Waals surface area contributed by atoms with Gasteiger partial charge in [-0.15, -0.1) is 11.3 Å². The maximum Gasteiger partial charge on any atom is 0.255 e. The molecule has 29 heavy (non-hydrogen) atoms. The van der Waals surface area contributed by atoms with Crippen molar-refractivity contribution < 1.29 is 4.74 Å². The van der Waals surface area contributed by atoms with Crippen LogP contribution >= 0.6 is 11.3 Å². The normalized spacial score (nSPS) is 13.8. The third-order valence-corrected chi connectivity index (χ3v) is 5.53. The van der Waals surface area contributed by atoms with E-state index in [1.165, 1.54) is 6.34 Å². The molecular formula is C21H21N5O2S. The van der Waals surface area contributed by atoms with Crippen LogP contribution in [0.3, 0.4) is 0 Å². The molecule has 1 aromatic carbocycles. The number of fused-ring (bicyclic) bond motifs is 3. The van der Waals surface area contributed by atoms with Crippen molar-refractivity contribution in [2.75, 3.05) is 6.61 Å². The number of H-pyrrole nitrogens is 1. The van der Waals surface area contributed by atoms with E-state index in [2.05, 4.69) is 15.0 Å². The number of nitrogens with zero attached hydrogens (tertiary/aromatic N) is 3. The van der Waals surface area contributed by atoms with Gasteiger partial charge in [-0.1, -0.05) is 6.07 Å². The van der Waals surface area contributed by atoms with Gasteiger partial charge in [0.25, 0.3) is 5.56 Å². The van der Waals surface area contributed by atoms with Gasteiger partial charge in [-0.3, -0.25) is 9.79 Å². The Morgan fingerprint density at radius 3 is 2.97 bits per heavy atom. The molecular weight excluding hydrogens is 386 g/mol. The van der Waals surface area contributed by atoms with Crippen LogP contribution in [0.2, 0.25) is 0 Å². The topological polar surface area (TPSA) is 106 Å². The molecule has 0 radical (unpaired) electrons. The molecule has 1 aliphatic heterocycles. The third-order valence-electron chi connectivity index (χ3n) is 4.42. The Morgan fingerprint density at radius 1 is 1.34 bits per heavy atom. The maximum atomic E-state index is 12.2. The highest BCUT2D eigenvalue weighted by molar-refractivity contribution is 7.14. The molecule has 0 atom stereocenters. The van der Waals surface area contributed by atoms with Crippen LogP contribution < -0.4 is 16.0 Å². The van der Waals surface area contributed by atoms with E-state index in [0.717, 1.165) is 38.9 Å². The Morgan fingerprint density at radius 2 is 2.21 bits per heavy atom.